The third-order valence-corrected chi connectivity index (χ3v) is 2.41. The van der Waals surface area contributed by atoms with Crippen LogP contribution in [0.15, 0.2) is 42.5 Å². The zero-order valence-electron chi connectivity index (χ0n) is 9.97. The fraction of sp³-hybridized carbons (Fsp3) is 0.0769. The molecule has 4 nitrogen and oxygen atoms in total. The van der Waals surface area contributed by atoms with Crippen LogP contribution in [-0.2, 0) is 16.0 Å². The average Bonchev–Trinajstić information content (AvgIpc) is 2.28. The van der Waals surface area contributed by atoms with Crippen molar-refractivity contribution in [3.63, 3.8) is 0 Å². The molecule has 2 aromatic carbocycles. The smallest absolute Gasteiger partial charge is 0.542 e. The number of hydrogen-bond acceptors (Lipinski definition) is 3. The first-order valence-corrected chi connectivity index (χ1v) is 4.88. The Bertz CT molecular complexity index is 566. The Morgan fingerprint density at radius 3 is 2.22 bits per heavy atom. The summed E-state index contributed by atoms with van der Waals surface area (Å²) in [6, 6.07) is 13.1. The number of carbonyl (C=O) groups is 2. The van der Waals surface area contributed by atoms with E-state index in [9.17, 15) is 14.7 Å². The summed E-state index contributed by atoms with van der Waals surface area (Å²) in [7, 11) is 0. The van der Waals surface area contributed by atoms with Crippen LogP contribution in [0.1, 0.15) is 5.56 Å². The number of rotatable bonds is 3. The van der Waals surface area contributed by atoms with Crippen molar-refractivity contribution in [2.24, 2.45) is 0 Å². The molecule has 0 radical (unpaired) electrons. The number of hydrogen-bond donors (Lipinski definition) is 0. The van der Waals surface area contributed by atoms with Crippen LogP contribution >= 0.6 is 0 Å². The van der Waals surface area contributed by atoms with E-state index in [4.69, 9.17) is 0 Å². The molecular weight excluding hydrogens is 243 g/mol. The maximum atomic E-state index is 11.0. The number of carboxylic acid groups (broad SMARTS) is 1. The number of aliphatic carboxylic acids is 1. The van der Waals surface area contributed by atoms with Crippen LogP contribution in [0.25, 0.3) is 10.8 Å². The van der Waals surface area contributed by atoms with Gasteiger partial charge < -0.3 is 15.4 Å². The molecule has 0 aliphatic heterocycles. The number of Topliss-reactive ketones (excluding diaryl/α,β-unsaturated/α-hetero) is 1. The van der Waals surface area contributed by atoms with Gasteiger partial charge in [0.2, 0.25) is 0 Å². The van der Waals surface area contributed by atoms with Crippen molar-refractivity contribution in [3.8, 4) is 0 Å². The quantitative estimate of drug-likeness (QED) is 0.429. The van der Waals surface area contributed by atoms with Gasteiger partial charge in [0.05, 0.1) is 0 Å². The third kappa shape index (κ3) is 3.92. The van der Waals surface area contributed by atoms with Crippen LogP contribution in [0.3, 0.4) is 0 Å². The number of carbonyl (C=O) groups excluding carboxylic acids is 2. The number of benzene rings is 2. The molecule has 0 spiro atoms. The van der Waals surface area contributed by atoms with E-state index < -0.39 is 11.8 Å². The molecule has 2 N–H and O–H groups in total. The minimum atomic E-state index is -1.63. The standard InChI is InChI=1S/C13H10O3.Na.H2O/c14-12(13(15)16)8-9-5-6-10-3-1-2-4-11(10)7-9;;/h1-7H,8H2,(H,15,16);;1H2/q;+1;/p-1. The largest absolute Gasteiger partial charge is 1.00 e. The number of fused-ring (bicyclic) bond motifs is 1. The summed E-state index contributed by atoms with van der Waals surface area (Å²) in [4.78, 5) is 21.3. The molecule has 0 saturated heterocycles. The van der Waals surface area contributed by atoms with Gasteiger partial charge in [-0.1, -0.05) is 42.5 Å². The summed E-state index contributed by atoms with van der Waals surface area (Å²) in [5.41, 5.74) is 0.688. The van der Waals surface area contributed by atoms with Crippen molar-refractivity contribution in [2.75, 3.05) is 0 Å². The molecule has 5 heteroatoms. The molecule has 18 heavy (non-hydrogen) atoms. The Labute approximate surface area is 126 Å². The Morgan fingerprint density at radius 1 is 1.00 bits per heavy atom. The molecule has 2 aromatic rings. The second-order valence-corrected chi connectivity index (χ2v) is 3.57. The normalized spacial score (nSPS) is 9.11. The van der Waals surface area contributed by atoms with E-state index in [1.54, 1.807) is 6.07 Å². The zero-order valence-corrected chi connectivity index (χ0v) is 12.0. The van der Waals surface area contributed by atoms with E-state index >= 15 is 0 Å². The SMILES string of the molecule is O.O=C([O-])C(=O)Cc1ccc2ccccc2c1.[Na+]. The van der Waals surface area contributed by atoms with Crippen molar-refractivity contribution in [1.29, 1.82) is 0 Å². The molecule has 0 aliphatic rings. The molecule has 2 rings (SSSR count). The van der Waals surface area contributed by atoms with Crippen molar-refractivity contribution < 1.29 is 49.7 Å². The molecule has 0 aromatic heterocycles. The van der Waals surface area contributed by atoms with Crippen LogP contribution in [0, 0.1) is 0 Å². The Morgan fingerprint density at radius 2 is 1.61 bits per heavy atom. The summed E-state index contributed by atoms with van der Waals surface area (Å²) < 4.78 is 0. The van der Waals surface area contributed by atoms with Gasteiger partial charge in [-0.15, -0.1) is 0 Å². The van der Waals surface area contributed by atoms with Crippen LogP contribution < -0.4 is 34.7 Å². The first-order chi connectivity index (χ1) is 7.66. The summed E-state index contributed by atoms with van der Waals surface area (Å²) in [5, 5.41) is 12.4. The van der Waals surface area contributed by atoms with E-state index in [0.29, 0.717) is 5.56 Å². The van der Waals surface area contributed by atoms with Gasteiger partial charge >= 0.3 is 29.6 Å². The van der Waals surface area contributed by atoms with E-state index in [-0.39, 0.29) is 41.5 Å². The minimum Gasteiger partial charge on any atom is -0.542 e. The molecule has 0 heterocycles. The second-order valence-electron chi connectivity index (χ2n) is 3.57. The van der Waals surface area contributed by atoms with Gasteiger partial charge in [-0.05, 0) is 16.3 Å². The number of ketones is 1. The van der Waals surface area contributed by atoms with Gasteiger partial charge in [0.25, 0.3) is 0 Å². The monoisotopic (exact) mass is 254 g/mol. The molecule has 0 bridgehead atoms. The maximum absolute atomic E-state index is 11.0. The average molecular weight is 254 g/mol. The summed E-state index contributed by atoms with van der Waals surface area (Å²) in [6.45, 7) is 0. The van der Waals surface area contributed by atoms with E-state index in [1.165, 1.54) is 0 Å². The molecule has 0 atom stereocenters. The van der Waals surface area contributed by atoms with Gasteiger partial charge in [0.1, 0.15) is 5.97 Å². The fourth-order valence-electron chi connectivity index (χ4n) is 1.61. The van der Waals surface area contributed by atoms with Gasteiger partial charge in [0, 0.05) is 6.42 Å². The van der Waals surface area contributed by atoms with E-state index in [1.807, 2.05) is 36.4 Å². The predicted octanol–water partition coefficient (Wildman–Crippen LogP) is -3.12. The summed E-state index contributed by atoms with van der Waals surface area (Å²) in [6.07, 6.45) is -0.118. The molecule has 0 fully saturated rings. The van der Waals surface area contributed by atoms with Gasteiger partial charge in [-0.3, -0.25) is 4.79 Å². The van der Waals surface area contributed by atoms with E-state index in [0.717, 1.165) is 10.8 Å². The van der Waals surface area contributed by atoms with Crippen molar-refractivity contribution >= 4 is 22.5 Å². The topological polar surface area (TPSA) is 88.7 Å². The Balaban J connectivity index is 0.00000144. The van der Waals surface area contributed by atoms with Crippen molar-refractivity contribution in [2.45, 2.75) is 6.42 Å². The van der Waals surface area contributed by atoms with Crippen molar-refractivity contribution in [3.05, 3.63) is 48.0 Å². The minimum absolute atomic E-state index is 0. The molecule has 0 unspecified atom stereocenters. The third-order valence-electron chi connectivity index (χ3n) is 2.41. The van der Waals surface area contributed by atoms with Gasteiger partial charge in [-0.25, -0.2) is 0 Å². The molecular formula is C13H11NaO4. The summed E-state index contributed by atoms with van der Waals surface area (Å²) in [5.74, 6) is -2.52. The van der Waals surface area contributed by atoms with Crippen molar-refractivity contribution in [1.82, 2.24) is 0 Å². The van der Waals surface area contributed by atoms with Crippen LogP contribution in [0.2, 0.25) is 0 Å². The molecule has 0 amide bonds. The first kappa shape index (κ1) is 16.8. The fourth-order valence-corrected chi connectivity index (χ4v) is 1.61. The van der Waals surface area contributed by atoms with E-state index in [2.05, 4.69) is 0 Å². The molecule has 0 aliphatic carbocycles. The second kappa shape index (κ2) is 7.28. The molecule has 0 saturated carbocycles. The van der Waals surface area contributed by atoms with Crippen LogP contribution in [-0.4, -0.2) is 17.2 Å². The van der Waals surface area contributed by atoms with Crippen LogP contribution in [0.4, 0.5) is 0 Å². The van der Waals surface area contributed by atoms with Gasteiger partial charge in [-0.2, -0.15) is 0 Å². The summed E-state index contributed by atoms with van der Waals surface area (Å²) >= 11 is 0. The first-order valence-electron chi connectivity index (χ1n) is 4.88. The van der Waals surface area contributed by atoms with Crippen LogP contribution in [0.5, 0.6) is 0 Å². The Kier molecular flexibility index (Phi) is 6.80. The predicted molar refractivity (Wildman–Crippen MR) is 61.3 cm³/mol. The Hall–Kier alpha value is -1.20. The number of carboxylic acids is 1. The zero-order chi connectivity index (χ0) is 11.5. The maximum Gasteiger partial charge on any atom is 1.00 e. The molecule has 88 valence electrons. The van der Waals surface area contributed by atoms with Gasteiger partial charge in [0.15, 0.2) is 5.78 Å².